The third kappa shape index (κ3) is 3.86. The fraction of sp³-hybridized carbons (Fsp3) is 0.500. The van der Waals surface area contributed by atoms with Crippen LogP contribution in [0.4, 0.5) is 11.4 Å². The predicted octanol–water partition coefficient (Wildman–Crippen LogP) is 2.64. The van der Waals surface area contributed by atoms with Gasteiger partial charge in [-0.1, -0.05) is 0 Å². The van der Waals surface area contributed by atoms with Crippen LogP contribution in [0.3, 0.4) is 0 Å². The minimum absolute atomic E-state index is 0.133. The van der Waals surface area contributed by atoms with E-state index in [-0.39, 0.29) is 5.91 Å². The molecule has 2 N–H and O–H groups in total. The van der Waals surface area contributed by atoms with Crippen LogP contribution in [0, 0.1) is 6.92 Å². The van der Waals surface area contributed by atoms with E-state index in [9.17, 15) is 4.79 Å². The van der Waals surface area contributed by atoms with Gasteiger partial charge in [-0.2, -0.15) is 0 Å². The lowest BCUT2D eigenvalue weighted by atomic mass is 10.1. The maximum absolute atomic E-state index is 12.1. The van der Waals surface area contributed by atoms with Crippen LogP contribution in [0.2, 0.25) is 0 Å². The third-order valence-corrected chi connectivity index (χ3v) is 3.87. The van der Waals surface area contributed by atoms with Gasteiger partial charge in [0.05, 0.1) is 12.2 Å². The molecule has 0 heterocycles. The highest BCUT2D eigenvalue weighted by atomic mass is 79.9. The number of benzene rings is 1. The van der Waals surface area contributed by atoms with Crippen molar-refractivity contribution in [2.45, 2.75) is 20.8 Å². The predicted molar refractivity (Wildman–Crippen MR) is 84.5 cm³/mol. The Labute approximate surface area is 123 Å². The van der Waals surface area contributed by atoms with Crippen molar-refractivity contribution in [2.24, 2.45) is 0 Å². The molecular weight excluding hydrogens is 306 g/mol. The maximum atomic E-state index is 12.1. The molecule has 0 atom stereocenters. The second-order valence-electron chi connectivity index (χ2n) is 4.58. The highest BCUT2D eigenvalue weighted by Gasteiger charge is 2.15. The minimum Gasteiger partial charge on any atom is -0.398 e. The molecule has 0 aliphatic carbocycles. The van der Waals surface area contributed by atoms with Crippen LogP contribution in [0.25, 0.3) is 0 Å². The number of rotatable bonds is 5. The summed E-state index contributed by atoms with van der Waals surface area (Å²) in [5, 5.41) is 0. The van der Waals surface area contributed by atoms with Crippen molar-refractivity contribution in [1.29, 1.82) is 0 Å². The molecule has 0 aromatic heterocycles. The summed E-state index contributed by atoms with van der Waals surface area (Å²) >= 11 is 3.50. The molecular formula is C14H22BrN3O. The van der Waals surface area contributed by atoms with Gasteiger partial charge >= 0.3 is 0 Å². The Kier molecular flexibility index (Phi) is 5.66. The molecule has 4 nitrogen and oxygen atoms in total. The minimum atomic E-state index is 0.133. The van der Waals surface area contributed by atoms with Crippen LogP contribution in [-0.4, -0.2) is 37.5 Å². The van der Waals surface area contributed by atoms with Gasteiger partial charge in [0.15, 0.2) is 0 Å². The molecule has 0 aliphatic rings. The van der Waals surface area contributed by atoms with Gasteiger partial charge < -0.3 is 15.5 Å². The van der Waals surface area contributed by atoms with E-state index < -0.39 is 0 Å². The number of carbonyl (C=O) groups is 1. The molecule has 0 saturated heterocycles. The van der Waals surface area contributed by atoms with Crippen molar-refractivity contribution >= 4 is 33.2 Å². The van der Waals surface area contributed by atoms with Gasteiger partial charge in [-0.05, 0) is 54.4 Å². The monoisotopic (exact) mass is 327 g/mol. The van der Waals surface area contributed by atoms with Gasteiger partial charge in [-0.3, -0.25) is 4.79 Å². The number of nitrogens with two attached hydrogens (primary N) is 1. The number of nitrogens with zero attached hydrogens (tertiary/aromatic N) is 2. The first-order valence-corrected chi connectivity index (χ1v) is 7.24. The van der Waals surface area contributed by atoms with Crippen LogP contribution >= 0.6 is 15.9 Å². The molecule has 19 heavy (non-hydrogen) atoms. The van der Waals surface area contributed by atoms with E-state index in [1.165, 1.54) is 0 Å². The summed E-state index contributed by atoms with van der Waals surface area (Å²) in [6, 6.07) is 3.87. The van der Waals surface area contributed by atoms with Crippen LogP contribution in [0.5, 0.6) is 0 Å². The molecule has 0 saturated carbocycles. The zero-order valence-corrected chi connectivity index (χ0v) is 13.6. The van der Waals surface area contributed by atoms with E-state index in [0.29, 0.717) is 6.54 Å². The molecule has 5 heteroatoms. The van der Waals surface area contributed by atoms with Crippen molar-refractivity contribution in [2.75, 3.05) is 37.3 Å². The zero-order valence-electron chi connectivity index (χ0n) is 12.0. The summed E-state index contributed by atoms with van der Waals surface area (Å²) in [5.41, 5.74) is 8.60. The Balaban J connectivity index is 2.86. The average molecular weight is 328 g/mol. The summed E-state index contributed by atoms with van der Waals surface area (Å²) in [6.45, 7) is 7.79. The lowest BCUT2D eigenvalue weighted by Crippen LogP contribution is -2.38. The van der Waals surface area contributed by atoms with Gasteiger partial charge in [0.1, 0.15) is 0 Å². The number of halogens is 1. The molecule has 106 valence electrons. The number of anilines is 2. The number of amides is 1. The fourth-order valence-corrected chi connectivity index (χ4v) is 2.60. The summed E-state index contributed by atoms with van der Waals surface area (Å²) in [4.78, 5) is 15.9. The van der Waals surface area contributed by atoms with Gasteiger partial charge in [0, 0.05) is 30.3 Å². The Hall–Kier alpha value is -1.23. The Morgan fingerprint density at radius 3 is 2.42 bits per heavy atom. The second kappa shape index (κ2) is 6.80. The van der Waals surface area contributed by atoms with E-state index in [1.54, 1.807) is 0 Å². The van der Waals surface area contributed by atoms with E-state index in [4.69, 9.17) is 5.73 Å². The van der Waals surface area contributed by atoms with Crippen LogP contribution in [-0.2, 0) is 4.79 Å². The van der Waals surface area contributed by atoms with Crippen LogP contribution in [0.15, 0.2) is 16.6 Å². The smallest absolute Gasteiger partial charge is 0.242 e. The zero-order chi connectivity index (χ0) is 14.6. The van der Waals surface area contributed by atoms with E-state index in [2.05, 4.69) is 15.9 Å². The van der Waals surface area contributed by atoms with Gasteiger partial charge in [0.2, 0.25) is 5.91 Å². The summed E-state index contributed by atoms with van der Waals surface area (Å²) in [7, 11) is 1.91. The normalized spacial score (nSPS) is 10.4. The maximum Gasteiger partial charge on any atom is 0.242 e. The first-order chi connectivity index (χ1) is 8.90. The quantitative estimate of drug-likeness (QED) is 0.846. The van der Waals surface area contributed by atoms with Crippen molar-refractivity contribution in [3.05, 3.63) is 22.2 Å². The summed E-state index contributed by atoms with van der Waals surface area (Å²) in [5.74, 6) is 0.133. The summed E-state index contributed by atoms with van der Waals surface area (Å²) in [6.07, 6.45) is 0. The fourth-order valence-electron chi connectivity index (χ4n) is 1.94. The first-order valence-electron chi connectivity index (χ1n) is 6.45. The number of nitrogen functional groups attached to an aromatic ring is 1. The molecule has 1 amide bonds. The number of hydrogen-bond acceptors (Lipinski definition) is 3. The lowest BCUT2D eigenvalue weighted by Gasteiger charge is -2.25. The molecule has 0 bridgehead atoms. The Morgan fingerprint density at radius 2 is 1.89 bits per heavy atom. The topological polar surface area (TPSA) is 49.6 Å². The van der Waals surface area contributed by atoms with Crippen molar-refractivity contribution in [3.63, 3.8) is 0 Å². The number of likely N-dealkylation sites (N-methyl/N-ethyl adjacent to an activating group) is 2. The molecule has 0 aliphatic heterocycles. The van der Waals surface area contributed by atoms with Gasteiger partial charge in [0.25, 0.3) is 0 Å². The molecule has 0 spiro atoms. The standard InChI is InChI=1S/C14H22BrN3O/c1-5-18(6-2)14(19)9-17(4)13-7-10(3)12(16)8-11(13)15/h7-8H,5-6,9,16H2,1-4H3. The van der Waals surface area contributed by atoms with Crippen molar-refractivity contribution < 1.29 is 4.79 Å². The highest BCUT2D eigenvalue weighted by molar-refractivity contribution is 9.10. The van der Waals surface area contributed by atoms with Crippen LogP contribution < -0.4 is 10.6 Å². The summed E-state index contributed by atoms with van der Waals surface area (Å²) < 4.78 is 0.908. The highest BCUT2D eigenvalue weighted by Crippen LogP contribution is 2.30. The van der Waals surface area contributed by atoms with E-state index >= 15 is 0 Å². The largest absolute Gasteiger partial charge is 0.398 e. The van der Waals surface area contributed by atoms with Gasteiger partial charge in [-0.25, -0.2) is 0 Å². The number of hydrogen-bond donors (Lipinski definition) is 1. The van der Waals surface area contributed by atoms with Crippen molar-refractivity contribution in [3.8, 4) is 0 Å². The molecule has 1 aromatic rings. The third-order valence-electron chi connectivity index (χ3n) is 3.24. The Bertz CT molecular complexity index is 458. The SMILES string of the molecule is CCN(CC)C(=O)CN(C)c1cc(C)c(N)cc1Br. The first kappa shape index (κ1) is 15.8. The average Bonchev–Trinajstić information content (AvgIpc) is 2.35. The molecule has 1 rings (SSSR count). The van der Waals surface area contributed by atoms with Crippen molar-refractivity contribution in [1.82, 2.24) is 4.90 Å². The molecule has 0 radical (unpaired) electrons. The lowest BCUT2D eigenvalue weighted by molar-refractivity contribution is -0.129. The Morgan fingerprint density at radius 1 is 1.32 bits per heavy atom. The molecule has 1 aromatic carbocycles. The number of carbonyl (C=O) groups excluding carboxylic acids is 1. The second-order valence-corrected chi connectivity index (χ2v) is 5.44. The van der Waals surface area contributed by atoms with Gasteiger partial charge in [-0.15, -0.1) is 0 Å². The molecule has 0 unspecified atom stereocenters. The van der Waals surface area contributed by atoms with Crippen LogP contribution in [0.1, 0.15) is 19.4 Å². The number of aryl methyl sites for hydroxylation is 1. The van der Waals surface area contributed by atoms with E-state index in [1.807, 2.05) is 49.8 Å². The van der Waals surface area contributed by atoms with E-state index in [0.717, 1.165) is 34.5 Å². The molecule has 0 fully saturated rings.